The van der Waals surface area contributed by atoms with Gasteiger partial charge in [-0.05, 0) is 42.3 Å². The van der Waals surface area contributed by atoms with E-state index >= 15 is 0 Å². The number of carboxylic acids is 1. The van der Waals surface area contributed by atoms with Crippen LogP contribution in [0.2, 0.25) is 0 Å². The Morgan fingerprint density at radius 1 is 1.10 bits per heavy atom. The Labute approximate surface area is 168 Å². The van der Waals surface area contributed by atoms with Gasteiger partial charge in [-0.1, -0.05) is 6.07 Å². The van der Waals surface area contributed by atoms with Crippen LogP contribution in [0.1, 0.15) is 40.4 Å². The summed E-state index contributed by atoms with van der Waals surface area (Å²) in [6.45, 7) is 2.11. The molecule has 1 heterocycles. The fourth-order valence-electron chi connectivity index (χ4n) is 3.72. The van der Waals surface area contributed by atoms with Crippen molar-refractivity contribution >= 4 is 11.9 Å². The third-order valence-electron chi connectivity index (χ3n) is 5.07. The zero-order valence-corrected chi connectivity index (χ0v) is 16.6. The molecule has 0 fully saturated rings. The number of aliphatic carboxylic acids is 1. The molecule has 29 heavy (non-hydrogen) atoms. The number of hydrogen-bond donors (Lipinski definition) is 2. The van der Waals surface area contributed by atoms with Gasteiger partial charge < -0.3 is 29.3 Å². The number of nitrogens with zero attached hydrogens (tertiary/aromatic N) is 1. The van der Waals surface area contributed by atoms with Crippen molar-refractivity contribution in [3.8, 4) is 23.0 Å². The first-order valence-electron chi connectivity index (χ1n) is 9.05. The summed E-state index contributed by atoms with van der Waals surface area (Å²) in [6, 6.07) is 6.83. The Balaban J connectivity index is 2.21. The van der Waals surface area contributed by atoms with Gasteiger partial charge in [0.05, 0.1) is 26.9 Å². The van der Waals surface area contributed by atoms with E-state index in [9.17, 15) is 19.8 Å². The lowest BCUT2D eigenvalue weighted by atomic mass is 9.79. The molecule has 0 unspecified atom stereocenters. The van der Waals surface area contributed by atoms with E-state index in [-0.39, 0.29) is 23.0 Å². The van der Waals surface area contributed by atoms with Crippen LogP contribution in [0.25, 0.3) is 0 Å². The number of carboxylic acid groups (broad SMARTS) is 1. The fraction of sp³-hybridized carbons (Fsp3) is 0.333. The molecule has 1 aliphatic rings. The highest BCUT2D eigenvalue weighted by atomic mass is 16.5. The van der Waals surface area contributed by atoms with Gasteiger partial charge in [-0.15, -0.1) is 0 Å². The summed E-state index contributed by atoms with van der Waals surface area (Å²) in [5, 5.41) is 20.0. The second kappa shape index (κ2) is 7.90. The number of benzene rings is 2. The maximum atomic E-state index is 13.1. The Kier molecular flexibility index (Phi) is 5.54. The molecule has 1 aliphatic heterocycles. The van der Waals surface area contributed by atoms with E-state index in [4.69, 9.17) is 14.2 Å². The molecule has 154 valence electrons. The predicted octanol–water partition coefficient (Wildman–Crippen LogP) is 2.80. The number of likely N-dealkylation sites (N-methyl/N-ethyl adjacent to an activating group) is 1. The Bertz CT molecular complexity index is 956. The van der Waals surface area contributed by atoms with Crippen molar-refractivity contribution in [3.63, 3.8) is 0 Å². The lowest BCUT2D eigenvalue weighted by molar-refractivity contribution is -0.140. The van der Waals surface area contributed by atoms with Gasteiger partial charge >= 0.3 is 5.97 Å². The molecular formula is C21H23NO7. The molecule has 0 aromatic heterocycles. The molecule has 3 rings (SSSR count). The number of carbonyl (C=O) groups is 2. The number of rotatable bonds is 6. The minimum atomic E-state index is -1.09. The van der Waals surface area contributed by atoms with Gasteiger partial charge in [-0.25, -0.2) is 0 Å². The molecular weight excluding hydrogens is 378 g/mol. The number of phenolic OH excluding ortho intramolecular Hbond substituents is 1. The maximum Gasteiger partial charge on any atom is 0.313 e. The SMILES string of the molecule is CCOc1cc([C@H]2[C@@H](C(=O)O)c3cc(OC)c(OC)cc3C(=O)N2C)ccc1O. The Morgan fingerprint density at radius 3 is 2.34 bits per heavy atom. The molecule has 2 N–H and O–H groups in total. The minimum Gasteiger partial charge on any atom is -0.504 e. The van der Waals surface area contributed by atoms with Crippen LogP contribution in [-0.4, -0.2) is 54.9 Å². The van der Waals surface area contributed by atoms with Crippen molar-refractivity contribution in [3.05, 3.63) is 47.0 Å². The highest BCUT2D eigenvalue weighted by Crippen LogP contribution is 2.46. The van der Waals surface area contributed by atoms with E-state index in [0.29, 0.717) is 29.2 Å². The zero-order chi connectivity index (χ0) is 21.3. The second-order valence-corrected chi connectivity index (χ2v) is 6.63. The quantitative estimate of drug-likeness (QED) is 0.767. The standard InChI is InChI=1S/C21H23NO7/c1-5-29-15-8-11(6-7-14(15)23)19-18(21(25)26)12-9-16(27-3)17(28-4)10-13(12)20(24)22(19)2/h6-10,18-19,23H,5H2,1-4H3,(H,25,26)/t18-,19-/m0/s1. The van der Waals surface area contributed by atoms with Crippen LogP contribution in [0.3, 0.4) is 0 Å². The molecule has 0 aliphatic carbocycles. The highest BCUT2D eigenvalue weighted by Gasteiger charge is 2.44. The van der Waals surface area contributed by atoms with Crippen LogP contribution in [0.5, 0.6) is 23.0 Å². The topological polar surface area (TPSA) is 106 Å². The largest absolute Gasteiger partial charge is 0.504 e. The van der Waals surface area contributed by atoms with Gasteiger partial charge in [0.1, 0.15) is 5.92 Å². The average Bonchev–Trinajstić information content (AvgIpc) is 2.71. The number of fused-ring (bicyclic) bond motifs is 1. The predicted molar refractivity (Wildman–Crippen MR) is 104 cm³/mol. The van der Waals surface area contributed by atoms with Crippen molar-refractivity contribution in [2.45, 2.75) is 18.9 Å². The molecule has 1 amide bonds. The third kappa shape index (κ3) is 3.41. The van der Waals surface area contributed by atoms with Gasteiger partial charge in [0.25, 0.3) is 5.91 Å². The monoisotopic (exact) mass is 401 g/mol. The van der Waals surface area contributed by atoms with E-state index in [1.807, 2.05) is 0 Å². The molecule has 0 bridgehead atoms. The van der Waals surface area contributed by atoms with Crippen molar-refractivity contribution in [1.82, 2.24) is 4.90 Å². The summed E-state index contributed by atoms with van der Waals surface area (Å²) in [5.74, 6) is -1.62. The van der Waals surface area contributed by atoms with Crippen molar-refractivity contribution < 1.29 is 34.0 Å². The molecule has 8 heteroatoms. The molecule has 0 saturated heterocycles. The summed E-state index contributed by atoms with van der Waals surface area (Å²) < 4.78 is 16.0. The van der Waals surface area contributed by atoms with Gasteiger partial charge in [0.15, 0.2) is 23.0 Å². The summed E-state index contributed by atoms with van der Waals surface area (Å²) in [4.78, 5) is 26.7. The van der Waals surface area contributed by atoms with Crippen LogP contribution in [-0.2, 0) is 4.79 Å². The van der Waals surface area contributed by atoms with Gasteiger partial charge in [-0.3, -0.25) is 9.59 Å². The first-order valence-corrected chi connectivity index (χ1v) is 9.05. The van der Waals surface area contributed by atoms with Gasteiger partial charge in [-0.2, -0.15) is 0 Å². The van der Waals surface area contributed by atoms with Crippen LogP contribution in [0.4, 0.5) is 0 Å². The van der Waals surface area contributed by atoms with Crippen molar-refractivity contribution in [1.29, 1.82) is 0 Å². The Hall–Kier alpha value is -3.42. The summed E-state index contributed by atoms with van der Waals surface area (Å²) >= 11 is 0. The van der Waals surface area contributed by atoms with Crippen LogP contribution in [0, 0.1) is 0 Å². The van der Waals surface area contributed by atoms with Crippen molar-refractivity contribution in [2.75, 3.05) is 27.9 Å². The Morgan fingerprint density at radius 2 is 1.76 bits per heavy atom. The van der Waals surface area contributed by atoms with E-state index in [1.54, 1.807) is 26.1 Å². The first kappa shape index (κ1) is 20.3. The van der Waals surface area contributed by atoms with Crippen LogP contribution in [0.15, 0.2) is 30.3 Å². The van der Waals surface area contributed by atoms with Crippen LogP contribution >= 0.6 is 0 Å². The van der Waals surface area contributed by atoms with E-state index < -0.39 is 17.9 Å². The number of aromatic hydroxyl groups is 1. The zero-order valence-electron chi connectivity index (χ0n) is 16.6. The van der Waals surface area contributed by atoms with Gasteiger partial charge in [0.2, 0.25) is 0 Å². The smallest absolute Gasteiger partial charge is 0.313 e. The average molecular weight is 401 g/mol. The lowest BCUT2D eigenvalue weighted by Crippen LogP contribution is -2.42. The molecule has 0 radical (unpaired) electrons. The van der Waals surface area contributed by atoms with E-state index in [1.165, 1.54) is 37.3 Å². The summed E-state index contributed by atoms with van der Waals surface area (Å²) in [5.41, 5.74) is 1.13. The third-order valence-corrected chi connectivity index (χ3v) is 5.07. The number of carbonyl (C=O) groups excluding carboxylic acids is 1. The van der Waals surface area contributed by atoms with Crippen molar-refractivity contribution in [2.24, 2.45) is 0 Å². The normalized spacial score (nSPS) is 18.2. The number of ether oxygens (including phenoxy) is 3. The van der Waals surface area contributed by atoms with Gasteiger partial charge in [0, 0.05) is 12.6 Å². The minimum absolute atomic E-state index is 0.0564. The summed E-state index contributed by atoms with van der Waals surface area (Å²) in [7, 11) is 4.45. The van der Waals surface area contributed by atoms with E-state index in [2.05, 4.69) is 0 Å². The van der Waals surface area contributed by atoms with Crippen LogP contribution < -0.4 is 14.2 Å². The number of amides is 1. The second-order valence-electron chi connectivity index (χ2n) is 6.63. The molecule has 2 aromatic carbocycles. The first-order chi connectivity index (χ1) is 13.8. The number of methoxy groups -OCH3 is 2. The molecule has 8 nitrogen and oxygen atoms in total. The maximum absolute atomic E-state index is 13.1. The molecule has 2 aromatic rings. The fourth-order valence-corrected chi connectivity index (χ4v) is 3.72. The molecule has 0 spiro atoms. The number of hydrogen-bond acceptors (Lipinski definition) is 6. The lowest BCUT2D eigenvalue weighted by Gasteiger charge is -2.39. The highest BCUT2D eigenvalue weighted by molar-refractivity contribution is 6.01. The summed E-state index contributed by atoms with van der Waals surface area (Å²) in [6.07, 6.45) is 0. The van der Waals surface area contributed by atoms with E-state index in [0.717, 1.165) is 0 Å². The molecule has 0 saturated carbocycles. The number of phenols is 1. The molecule has 2 atom stereocenters.